The quantitative estimate of drug-likeness (QED) is 0.330. The Hall–Kier alpha value is -3.74. The van der Waals surface area contributed by atoms with Gasteiger partial charge in [0.1, 0.15) is 17.9 Å². The number of hydrogen-bond acceptors (Lipinski definition) is 7. The second-order valence-corrected chi connectivity index (χ2v) is 7.14. The third kappa shape index (κ3) is 4.71. The summed E-state index contributed by atoms with van der Waals surface area (Å²) in [6.45, 7) is 5.92. The van der Waals surface area contributed by atoms with Crippen LogP contribution in [0.4, 0.5) is 0 Å². The maximum Gasteiger partial charge on any atom is 0.343 e. The van der Waals surface area contributed by atoms with Crippen LogP contribution in [0.2, 0.25) is 0 Å². The van der Waals surface area contributed by atoms with Crippen molar-refractivity contribution in [3.05, 3.63) is 76.2 Å². The van der Waals surface area contributed by atoms with Crippen molar-refractivity contribution < 1.29 is 28.5 Å². The topological polar surface area (TPSA) is 95.2 Å². The number of rotatable bonds is 8. The van der Waals surface area contributed by atoms with Crippen LogP contribution < -0.4 is 15.1 Å². The zero-order valence-electron chi connectivity index (χ0n) is 17.6. The van der Waals surface area contributed by atoms with E-state index in [4.69, 9.17) is 18.6 Å². The number of para-hydroxylation sites is 1. The van der Waals surface area contributed by atoms with Gasteiger partial charge in [0.15, 0.2) is 11.5 Å². The molecular weight excluding hydrogens is 400 g/mol. The molecule has 0 saturated carbocycles. The van der Waals surface area contributed by atoms with Crippen molar-refractivity contribution in [3.63, 3.8) is 0 Å². The summed E-state index contributed by atoms with van der Waals surface area (Å²) in [6.07, 6.45) is -0.181. The van der Waals surface area contributed by atoms with Crippen LogP contribution in [0.15, 0.2) is 63.8 Å². The highest BCUT2D eigenvalue weighted by molar-refractivity contribution is 5.84. The number of hydrogen-bond donors (Lipinski definition) is 1. The standard InChI is InChI=1S/C24H24O7/c1-14(2)13-30-20-11-15(9-10-19(20)28-3)17(12-21(25)29-4)22-23(26)16-7-5-6-8-18(16)31-24(22)27/h5-11,17,26H,1,12-13H2,2-4H3/t17-/m1/s1. The summed E-state index contributed by atoms with van der Waals surface area (Å²) in [5.74, 6) is -0.705. The lowest BCUT2D eigenvalue weighted by Gasteiger charge is -2.19. The zero-order valence-corrected chi connectivity index (χ0v) is 17.6. The van der Waals surface area contributed by atoms with Gasteiger partial charge in [-0.15, -0.1) is 0 Å². The minimum Gasteiger partial charge on any atom is -0.507 e. The van der Waals surface area contributed by atoms with Gasteiger partial charge in [-0.3, -0.25) is 4.79 Å². The number of fused-ring (bicyclic) bond motifs is 1. The molecule has 3 rings (SSSR count). The van der Waals surface area contributed by atoms with Crippen LogP contribution in [0.25, 0.3) is 11.0 Å². The Morgan fingerprint density at radius 1 is 1.16 bits per heavy atom. The van der Waals surface area contributed by atoms with Gasteiger partial charge in [0.2, 0.25) is 0 Å². The maximum absolute atomic E-state index is 12.8. The summed E-state index contributed by atoms with van der Waals surface area (Å²) in [5.41, 5.74) is 0.864. The Labute approximate surface area is 179 Å². The van der Waals surface area contributed by atoms with Gasteiger partial charge in [0, 0.05) is 5.92 Å². The molecule has 0 spiro atoms. The maximum atomic E-state index is 12.8. The lowest BCUT2D eigenvalue weighted by molar-refractivity contribution is -0.140. The van der Waals surface area contributed by atoms with E-state index in [1.165, 1.54) is 14.2 Å². The van der Waals surface area contributed by atoms with Crippen molar-refractivity contribution in [1.82, 2.24) is 0 Å². The summed E-state index contributed by atoms with van der Waals surface area (Å²) < 4.78 is 21.4. The highest BCUT2D eigenvalue weighted by Crippen LogP contribution is 2.39. The number of ether oxygens (including phenoxy) is 3. The molecule has 3 aromatic rings. The third-order valence-electron chi connectivity index (χ3n) is 4.83. The normalized spacial score (nSPS) is 11.7. The number of carbonyl (C=O) groups is 1. The SMILES string of the molecule is C=C(C)COc1cc([C@@H](CC(=O)OC)c2c(O)c3ccccc3oc2=O)ccc1OC. The molecule has 0 bridgehead atoms. The first kappa shape index (κ1) is 22.0. The monoisotopic (exact) mass is 424 g/mol. The summed E-state index contributed by atoms with van der Waals surface area (Å²) in [6, 6.07) is 11.7. The highest BCUT2D eigenvalue weighted by atomic mass is 16.5. The second-order valence-electron chi connectivity index (χ2n) is 7.14. The Morgan fingerprint density at radius 3 is 2.58 bits per heavy atom. The molecule has 1 atom stereocenters. The Morgan fingerprint density at radius 2 is 1.90 bits per heavy atom. The molecule has 31 heavy (non-hydrogen) atoms. The Bertz CT molecular complexity index is 1180. The van der Waals surface area contributed by atoms with Gasteiger partial charge >= 0.3 is 11.6 Å². The third-order valence-corrected chi connectivity index (χ3v) is 4.83. The van der Waals surface area contributed by atoms with Crippen molar-refractivity contribution >= 4 is 16.9 Å². The molecule has 1 aromatic heterocycles. The van der Waals surface area contributed by atoms with Crippen molar-refractivity contribution in [2.75, 3.05) is 20.8 Å². The van der Waals surface area contributed by atoms with Crippen LogP contribution in [0.5, 0.6) is 17.2 Å². The largest absolute Gasteiger partial charge is 0.507 e. The molecule has 0 radical (unpaired) electrons. The van der Waals surface area contributed by atoms with Gasteiger partial charge in [-0.05, 0) is 42.3 Å². The van der Waals surface area contributed by atoms with Crippen molar-refractivity contribution in [2.45, 2.75) is 19.3 Å². The lowest BCUT2D eigenvalue weighted by atomic mass is 9.88. The van der Waals surface area contributed by atoms with Crippen molar-refractivity contribution in [3.8, 4) is 17.2 Å². The molecule has 7 nitrogen and oxygen atoms in total. The van der Waals surface area contributed by atoms with E-state index in [1.54, 1.807) is 42.5 Å². The first-order chi connectivity index (χ1) is 14.8. The predicted molar refractivity (Wildman–Crippen MR) is 116 cm³/mol. The summed E-state index contributed by atoms with van der Waals surface area (Å²) in [7, 11) is 2.77. The molecule has 2 aromatic carbocycles. The molecule has 0 aliphatic rings. The molecule has 0 aliphatic carbocycles. The number of benzene rings is 2. The molecule has 0 amide bonds. The molecule has 0 saturated heterocycles. The summed E-state index contributed by atoms with van der Waals surface area (Å²) in [5, 5.41) is 11.3. The van der Waals surface area contributed by atoms with Gasteiger partial charge in [-0.25, -0.2) is 4.79 Å². The van der Waals surface area contributed by atoms with E-state index in [2.05, 4.69) is 6.58 Å². The number of methoxy groups -OCH3 is 2. The van der Waals surface area contributed by atoms with Gasteiger partial charge in [-0.2, -0.15) is 0 Å². The molecule has 0 aliphatic heterocycles. The van der Waals surface area contributed by atoms with E-state index in [9.17, 15) is 14.7 Å². The van der Waals surface area contributed by atoms with Crippen LogP contribution in [-0.4, -0.2) is 31.9 Å². The second kappa shape index (κ2) is 9.38. The van der Waals surface area contributed by atoms with Crippen molar-refractivity contribution in [1.29, 1.82) is 0 Å². The minimum absolute atomic E-state index is 0.0277. The van der Waals surface area contributed by atoms with Crippen LogP contribution in [-0.2, 0) is 9.53 Å². The molecule has 1 N–H and O–H groups in total. The Balaban J connectivity index is 2.18. The van der Waals surface area contributed by atoms with Crippen molar-refractivity contribution in [2.24, 2.45) is 0 Å². The van der Waals surface area contributed by atoms with Crippen LogP contribution in [0.1, 0.15) is 30.4 Å². The van der Waals surface area contributed by atoms with Gasteiger partial charge in [-0.1, -0.05) is 24.8 Å². The molecule has 0 unspecified atom stereocenters. The number of esters is 1. The van der Waals surface area contributed by atoms with Crippen LogP contribution in [0.3, 0.4) is 0 Å². The summed E-state index contributed by atoms with van der Waals surface area (Å²) >= 11 is 0. The fourth-order valence-corrected chi connectivity index (χ4v) is 3.32. The van der Waals surface area contributed by atoms with E-state index >= 15 is 0 Å². The Kier molecular flexibility index (Phi) is 6.65. The van der Waals surface area contributed by atoms with Gasteiger partial charge < -0.3 is 23.7 Å². The molecular formula is C24H24O7. The van der Waals surface area contributed by atoms with E-state index in [0.29, 0.717) is 22.4 Å². The molecule has 1 heterocycles. The molecule has 7 heteroatoms. The molecule has 162 valence electrons. The smallest absolute Gasteiger partial charge is 0.343 e. The fraction of sp³-hybridized carbons (Fsp3) is 0.250. The van der Waals surface area contributed by atoms with Crippen LogP contribution >= 0.6 is 0 Å². The predicted octanol–water partition coefficient (Wildman–Crippen LogP) is 4.16. The average Bonchev–Trinajstić information content (AvgIpc) is 2.76. The van der Waals surface area contributed by atoms with Crippen LogP contribution in [0, 0.1) is 0 Å². The van der Waals surface area contributed by atoms with Gasteiger partial charge in [0.25, 0.3) is 0 Å². The van der Waals surface area contributed by atoms with Gasteiger partial charge in [0.05, 0.1) is 31.6 Å². The zero-order chi connectivity index (χ0) is 22.5. The van der Waals surface area contributed by atoms with E-state index in [1.807, 2.05) is 6.92 Å². The fourth-order valence-electron chi connectivity index (χ4n) is 3.32. The highest BCUT2D eigenvalue weighted by Gasteiger charge is 2.28. The van der Waals surface area contributed by atoms with E-state index < -0.39 is 17.5 Å². The molecule has 0 fully saturated rings. The first-order valence-electron chi connectivity index (χ1n) is 9.62. The lowest BCUT2D eigenvalue weighted by Crippen LogP contribution is -2.18. The average molecular weight is 424 g/mol. The van der Waals surface area contributed by atoms with E-state index in [-0.39, 0.29) is 29.9 Å². The summed E-state index contributed by atoms with van der Waals surface area (Å²) in [4.78, 5) is 25.0. The number of carbonyl (C=O) groups excluding carboxylic acids is 1. The van der Waals surface area contributed by atoms with E-state index in [0.717, 1.165) is 5.57 Å². The minimum atomic E-state index is -0.827. The number of aromatic hydroxyl groups is 1. The first-order valence-corrected chi connectivity index (χ1v) is 9.62.